The SMILES string of the molecule is C=CCB(I)I. The maximum absolute atomic E-state index is 3.59. The largest absolute Gasteiger partial charge is 0.292 e. The molecule has 0 aliphatic carbocycles. The highest BCUT2D eigenvalue weighted by molar-refractivity contribution is 14.3. The summed E-state index contributed by atoms with van der Waals surface area (Å²) in [6, 6.07) is 0. The third-order valence-electron chi connectivity index (χ3n) is 0.345. The minimum atomic E-state index is 0.720. The average Bonchev–Trinajstić information content (AvgIpc) is 1.35. The second kappa shape index (κ2) is 4.42. The molecule has 0 unspecified atom stereocenters. The molecule has 0 fully saturated rings. The van der Waals surface area contributed by atoms with Crippen molar-refractivity contribution in [2.75, 3.05) is 0 Å². The Kier molecular flexibility index (Phi) is 5.36. The molecule has 0 aliphatic heterocycles. The maximum atomic E-state index is 3.59. The molecule has 0 atom stereocenters. The minimum absolute atomic E-state index is 0.720. The molecular weight excluding hydrogens is 301 g/mol. The van der Waals surface area contributed by atoms with Crippen LogP contribution < -0.4 is 0 Å². The van der Waals surface area contributed by atoms with Crippen molar-refractivity contribution in [1.82, 2.24) is 0 Å². The molecule has 0 aliphatic rings. The molecule has 0 saturated heterocycles. The van der Waals surface area contributed by atoms with E-state index in [1.165, 1.54) is 0 Å². The normalized spacial score (nSPS) is 7.67. The van der Waals surface area contributed by atoms with Gasteiger partial charge in [-0.15, -0.1) is 51.3 Å². The zero-order valence-corrected chi connectivity index (χ0v) is 7.64. The van der Waals surface area contributed by atoms with E-state index in [0.717, 1.165) is 8.75 Å². The van der Waals surface area contributed by atoms with Crippen LogP contribution in [0, 0.1) is 0 Å². The van der Waals surface area contributed by atoms with Gasteiger partial charge in [0.2, 0.25) is 0 Å². The van der Waals surface area contributed by atoms with Crippen LogP contribution in [-0.4, -0.2) is 2.43 Å². The van der Waals surface area contributed by atoms with Crippen LogP contribution in [0.25, 0.3) is 0 Å². The van der Waals surface area contributed by atoms with Gasteiger partial charge in [-0.3, -0.25) is 0 Å². The first-order valence-electron chi connectivity index (χ1n) is 1.66. The molecule has 0 aromatic carbocycles. The fourth-order valence-electron chi connectivity index (χ4n) is 0.126. The van der Waals surface area contributed by atoms with Crippen LogP contribution in [0.1, 0.15) is 0 Å². The standard InChI is InChI=1S/C3H5BI2/c1-2-3-4(5)6/h2H,1,3H2. The molecule has 0 radical (unpaired) electrons. The molecule has 0 bridgehead atoms. The van der Waals surface area contributed by atoms with E-state index >= 15 is 0 Å². The predicted octanol–water partition coefficient (Wildman–Crippen LogP) is 2.53. The number of hydrogen-bond acceptors (Lipinski definition) is 0. The lowest BCUT2D eigenvalue weighted by molar-refractivity contribution is 1.75. The molecule has 0 spiro atoms. The van der Waals surface area contributed by atoms with Gasteiger partial charge < -0.3 is 0 Å². The number of halogens is 2. The van der Waals surface area contributed by atoms with Crippen molar-refractivity contribution >= 4 is 47.2 Å². The van der Waals surface area contributed by atoms with Gasteiger partial charge in [0, 0.05) is 0 Å². The first-order chi connectivity index (χ1) is 2.77. The number of hydrogen-bond donors (Lipinski definition) is 0. The summed E-state index contributed by atoms with van der Waals surface area (Å²) in [7, 11) is 0. The summed E-state index contributed by atoms with van der Waals surface area (Å²) < 4.78 is 0.720. The highest BCUT2D eigenvalue weighted by atomic mass is 127. The van der Waals surface area contributed by atoms with Gasteiger partial charge >= 0.3 is 0 Å². The summed E-state index contributed by atoms with van der Waals surface area (Å²) in [4.78, 5) is 0. The van der Waals surface area contributed by atoms with Gasteiger partial charge in [-0.05, 0) is 6.32 Å². The van der Waals surface area contributed by atoms with Gasteiger partial charge in [0.05, 0.1) is 0 Å². The molecule has 0 rings (SSSR count). The van der Waals surface area contributed by atoms with E-state index in [-0.39, 0.29) is 0 Å². The van der Waals surface area contributed by atoms with Crippen molar-refractivity contribution < 1.29 is 0 Å². The van der Waals surface area contributed by atoms with Crippen molar-refractivity contribution in [2.24, 2.45) is 0 Å². The monoisotopic (exact) mass is 306 g/mol. The van der Waals surface area contributed by atoms with Crippen molar-refractivity contribution in [1.29, 1.82) is 0 Å². The van der Waals surface area contributed by atoms with Crippen molar-refractivity contribution in [2.45, 2.75) is 6.32 Å². The summed E-state index contributed by atoms with van der Waals surface area (Å²) in [5.41, 5.74) is 0. The predicted molar refractivity (Wildman–Crippen MR) is 48.8 cm³/mol. The topological polar surface area (TPSA) is 0 Å². The Bertz CT molecular complexity index is 44.1. The molecule has 0 nitrogen and oxygen atoms in total. The molecule has 0 aromatic heterocycles. The van der Waals surface area contributed by atoms with Gasteiger partial charge in [0.25, 0.3) is 2.43 Å². The lowest BCUT2D eigenvalue weighted by Crippen LogP contribution is -1.81. The Morgan fingerprint density at radius 1 is 1.67 bits per heavy atom. The Balaban J connectivity index is 2.81. The third kappa shape index (κ3) is 5.26. The van der Waals surface area contributed by atoms with Crippen LogP contribution in [0.3, 0.4) is 0 Å². The first-order valence-corrected chi connectivity index (χ1v) is 4.15. The van der Waals surface area contributed by atoms with Crippen LogP contribution in [0.5, 0.6) is 0 Å². The molecule has 0 saturated carbocycles. The third-order valence-corrected chi connectivity index (χ3v) is 1.36. The van der Waals surface area contributed by atoms with E-state index in [9.17, 15) is 0 Å². The summed E-state index contributed by atoms with van der Waals surface area (Å²) >= 11 is 4.72. The van der Waals surface area contributed by atoms with E-state index < -0.39 is 0 Å². The Labute approximate surface area is 65.6 Å². The molecule has 3 heteroatoms. The Hall–Kier alpha value is 1.26. The zero-order valence-electron chi connectivity index (χ0n) is 3.32. The van der Waals surface area contributed by atoms with E-state index in [0.29, 0.717) is 0 Å². The lowest BCUT2D eigenvalue weighted by Gasteiger charge is -1.82. The van der Waals surface area contributed by atoms with E-state index in [1.807, 2.05) is 6.08 Å². The Morgan fingerprint density at radius 3 is 2.17 bits per heavy atom. The van der Waals surface area contributed by atoms with Crippen molar-refractivity contribution in [3.63, 3.8) is 0 Å². The molecule has 0 N–H and O–H groups in total. The van der Waals surface area contributed by atoms with Gasteiger partial charge in [-0.2, -0.15) is 0 Å². The highest BCUT2D eigenvalue weighted by Crippen LogP contribution is 2.08. The molecule has 34 valence electrons. The summed E-state index contributed by atoms with van der Waals surface area (Å²) in [6.07, 6.45) is 3.05. The van der Waals surface area contributed by atoms with Gasteiger partial charge in [0.15, 0.2) is 0 Å². The zero-order chi connectivity index (χ0) is 4.99. The number of allylic oxidation sites excluding steroid dienone is 1. The second-order valence-electron chi connectivity index (χ2n) is 0.915. The van der Waals surface area contributed by atoms with Gasteiger partial charge in [-0.1, -0.05) is 6.08 Å². The van der Waals surface area contributed by atoms with Gasteiger partial charge in [0.1, 0.15) is 0 Å². The fourth-order valence-corrected chi connectivity index (χ4v) is 0.845. The van der Waals surface area contributed by atoms with E-state index in [2.05, 4.69) is 51.3 Å². The summed E-state index contributed by atoms with van der Waals surface area (Å²) in [5, 5.41) is 0. The number of rotatable bonds is 2. The van der Waals surface area contributed by atoms with Gasteiger partial charge in [-0.25, -0.2) is 0 Å². The molecule has 6 heavy (non-hydrogen) atoms. The molecular formula is C3H5BI2. The van der Waals surface area contributed by atoms with Crippen LogP contribution in [0.4, 0.5) is 0 Å². The summed E-state index contributed by atoms with van der Waals surface area (Å²) in [6.45, 7) is 3.59. The smallest absolute Gasteiger partial charge is 0.133 e. The molecule has 0 aromatic rings. The summed E-state index contributed by atoms with van der Waals surface area (Å²) in [5.74, 6) is 0. The maximum Gasteiger partial charge on any atom is 0.292 e. The van der Waals surface area contributed by atoms with Crippen LogP contribution in [0.2, 0.25) is 6.32 Å². The molecule has 0 amide bonds. The second-order valence-corrected chi connectivity index (χ2v) is 6.31. The van der Waals surface area contributed by atoms with E-state index in [1.54, 1.807) is 0 Å². The van der Waals surface area contributed by atoms with Crippen LogP contribution in [0.15, 0.2) is 12.7 Å². The molecule has 0 heterocycles. The Morgan fingerprint density at radius 2 is 2.17 bits per heavy atom. The van der Waals surface area contributed by atoms with Crippen molar-refractivity contribution in [3.05, 3.63) is 12.7 Å². The first kappa shape index (κ1) is 7.26. The van der Waals surface area contributed by atoms with Crippen LogP contribution in [-0.2, 0) is 0 Å². The average molecular weight is 306 g/mol. The van der Waals surface area contributed by atoms with Crippen LogP contribution >= 0.6 is 44.7 Å². The highest BCUT2D eigenvalue weighted by Gasteiger charge is 1.95. The quantitative estimate of drug-likeness (QED) is 0.418. The van der Waals surface area contributed by atoms with E-state index in [4.69, 9.17) is 0 Å². The lowest BCUT2D eigenvalue weighted by atomic mass is 10.1. The fraction of sp³-hybridized carbons (Fsp3) is 0.333. The van der Waals surface area contributed by atoms with Crippen molar-refractivity contribution in [3.8, 4) is 0 Å². The minimum Gasteiger partial charge on any atom is -0.133 e.